The molecule has 0 spiro atoms. The summed E-state index contributed by atoms with van der Waals surface area (Å²) in [4.78, 5) is 4.31. The summed E-state index contributed by atoms with van der Waals surface area (Å²) in [5.41, 5.74) is 7.74. The minimum Gasteiger partial charge on any atom is -0.396 e. The Morgan fingerprint density at radius 2 is 2.38 bits per heavy atom. The van der Waals surface area contributed by atoms with E-state index in [9.17, 15) is 0 Å². The van der Waals surface area contributed by atoms with Crippen molar-refractivity contribution in [2.75, 3.05) is 17.6 Å². The average molecular weight is 217 g/mol. The van der Waals surface area contributed by atoms with Crippen LogP contribution < -0.4 is 11.1 Å². The summed E-state index contributed by atoms with van der Waals surface area (Å²) in [7, 11) is 0. The van der Waals surface area contributed by atoms with E-state index in [1.54, 1.807) is 0 Å². The number of nitrogens with zero attached hydrogens (tertiary/aromatic N) is 1. The van der Waals surface area contributed by atoms with Crippen LogP contribution >= 0.6 is 0 Å². The van der Waals surface area contributed by atoms with Gasteiger partial charge in [-0.3, -0.25) is 0 Å². The van der Waals surface area contributed by atoms with Gasteiger partial charge in [-0.05, 0) is 43.7 Å². The SMILES string of the molecule is Cc1cnc(NCC2CC=CCC2)c(N)c1. The second-order valence-electron chi connectivity index (χ2n) is 4.48. The van der Waals surface area contributed by atoms with Gasteiger partial charge < -0.3 is 11.1 Å². The number of hydrogen-bond acceptors (Lipinski definition) is 3. The fourth-order valence-electron chi connectivity index (χ4n) is 2.02. The lowest BCUT2D eigenvalue weighted by atomic mass is 9.94. The first-order valence-corrected chi connectivity index (χ1v) is 5.86. The maximum atomic E-state index is 5.90. The van der Waals surface area contributed by atoms with Gasteiger partial charge in [-0.1, -0.05) is 12.2 Å². The van der Waals surface area contributed by atoms with E-state index in [0.29, 0.717) is 5.92 Å². The second-order valence-corrected chi connectivity index (χ2v) is 4.48. The number of hydrogen-bond donors (Lipinski definition) is 2. The molecule has 86 valence electrons. The quantitative estimate of drug-likeness (QED) is 0.765. The maximum absolute atomic E-state index is 5.90. The van der Waals surface area contributed by atoms with Gasteiger partial charge in [0.25, 0.3) is 0 Å². The Labute approximate surface area is 96.8 Å². The smallest absolute Gasteiger partial charge is 0.149 e. The van der Waals surface area contributed by atoms with E-state index in [1.165, 1.54) is 19.3 Å². The second kappa shape index (κ2) is 5.01. The Morgan fingerprint density at radius 3 is 3.06 bits per heavy atom. The molecule has 1 aromatic heterocycles. The first kappa shape index (κ1) is 11.0. The third-order valence-electron chi connectivity index (χ3n) is 2.99. The molecule has 1 aromatic rings. The van der Waals surface area contributed by atoms with Gasteiger partial charge in [-0.2, -0.15) is 0 Å². The summed E-state index contributed by atoms with van der Waals surface area (Å²) in [5, 5.41) is 3.34. The minimum atomic E-state index is 0.715. The predicted molar refractivity (Wildman–Crippen MR) is 68.4 cm³/mol. The molecule has 0 aliphatic heterocycles. The lowest BCUT2D eigenvalue weighted by Gasteiger charge is -2.19. The fraction of sp³-hybridized carbons (Fsp3) is 0.462. The number of aryl methyl sites for hydroxylation is 1. The normalized spacial score (nSPS) is 19.7. The van der Waals surface area contributed by atoms with Gasteiger partial charge in [-0.25, -0.2) is 4.98 Å². The molecule has 1 atom stereocenters. The molecule has 16 heavy (non-hydrogen) atoms. The first-order valence-electron chi connectivity index (χ1n) is 5.86. The molecule has 0 fully saturated rings. The van der Waals surface area contributed by atoms with E-state index in [-0.39, 0.29) is 0 Å². The van der Waals surface area contributed by atoms with Gasteiger partial charge in [0.15, 0.2) is 0 Å². The van der Waals surface area contributed by atoms with Crippen LogP contribution in [0.4, 0.5) is 11.5 Å². The van der Waals surface area contributed by atoms with Gasteiger partial charge in [0.1, 0.15) is 5.82 Å². The minimum absolute atomic E-state index is 0.715. The molecule has 0 bridgehead atoms. The summed E-state index contributed by atoms with van der Waals surface area (Å²) in [6.45, 7) is 2.96. The third-order valence-corrected chi connectivity index (χ3v) is 2.99. The summed E-state index contributed by atoms with van der Waals surface area (Å²) in [6, 6.07) is 1.95. The highest BCUT2D eigenvalue weighted by atomic mass is 15.0. The van der Waals surface area contributed by atoms with Crippen molar-refractivity contribution in [2.24, 2.45) is 5.92 Å². The van der Waals surface area contributed by atoms with E-state index in [0.717, 1.165) is 23.6 Å². The number of nitrogens with one attached hydrogen (secondary N) is 1. The Balaban J connectivity index is 1.91. The van der Waals surface area contributed by atoms with Crippen LogP contribution in [0.5, 0.6) is 0 Å². The van der Waals surface area contributed by atoms with Gasteiger partial charge >= 0.3 is 0 Å². The van der Waals surface area contributed by atoms with Crippen LogP contribution in [0, 0.1) is 12.8 Å². The number of nitrogens with two attached hydrogens (primary N) is 1. The molecule has 1 unspecified atom stereocenters. The summed E-state index contributed by atoms with van der Waals surface area (Å²) in [5.74, 6) is 1.53. The molecule has 1 aliphatic carbocycles. The van der Waals surface area contributed by atoms with Crippen LogP contribution in [0.15, 0.2) is 24.4 Å². The summed E-state index contributed by atoms with van der Waals surface area (Å²) in [6.07, 6.45) is 9.99. The van der Waals surface area contributed by atoms with Gasteiger partial charge in [-0.15, -0.1) is 0 Å². The van der Waals surface area contributed by atoms with Gasteiger partial charge in [0.2, 0.25) is 0 Å². The summed E-state index contributed by atoms with van der Waals surface area (Å²) < 4.78 is 0. The van der Waals surface area contributed by atoms with Crippen LogP contribution in [-0.2, 0) is 0 Å². The van der Waals surface area contributed by atoms with Crippen molar-refractivity contribution in [1.82, 2.24) is 4.98 Å². The molecule has 0 saturated carbocycles. The molecule has 2 rings (SSSR count). The van der Waals surface area contributed by atoms with Crippen molar-refractivity contribution >= 4 is 11.5 Å². The van der Waals surface area contributed by atoms with E-state index in [4.69, 9.17) is 5.73 Å². The van der Waals surface area contributed by atoms with Crippen molar-refractivity contribution < 1.29 is 0 Å². The van der Waals surface area contributed by atoms with Crippen molar-refractivity contribution in [3.63, 3.8) is 0 Å². The van der Waals surface area contributed by atoms with E-state index in [2.05, 4.69) is 22.5 Å². The zero-order valence-corrected chi connectivity index (χ0v) is 9.74. The molecule has 0 saturated heterocycles. The Hall–Kier alpha value is -1.51. The Bertz CT molecular complexity index is 385. The number of nitrogen functional groups attached to an aromatic ring is 1. The van der Waals surface area contributed by atoms with E-state index < -0.39 is 0 Å². The van der Waals surface area contributed by atoms with Crippen LogP contribution in [0.3, 0.4) is 0 Å². The maximum Gasteiger partial charge on any atom is 0.149 e. The number of aromatic nitrogens is 1. The third kappa shape index (κ3) is 2.75. The molecule has 3 heteroatoms. The molecule has 0 radical (unpaired) electrons. The van der Waals surface area contributed by atoms with Crippen molar-refractivity contribution in [1.29, 1.82) is 0 Å². The zero-order valence-electron chi connectivity index (χ0n) is 9.74. The summed E-state index contributed by atoms with van der Waals surface area (Å²) >= 11 is 0. The molecule has 3 nitrogen and oxygen atoms in total. The largest absolute Gasteiger partial charge is 0.396 e. The lowest BCUT2D eigenvalue weighted by molar-refractivity contribution is 0.504. The monoisotopic (exact) mass is 217 g/mol. The number of allylic oxidation sites excluding steroid dienone is 2. The molecule has 0 amide bonds. The van der Waals surface area contributed by atoms with E-state index in [1.807, 2.05) is 19.2 Å². The van der Waals surface area contributed by atoms with Crippen LogP contribution in [0.2, 0.25) is 0 Å². The van der Waals surface area contributed by atoms with Crippen molar-refractivity contribution in [3.05, 3.63) is 30.0 Å². The first-order chi connectivity index (χ1) is 7.75. The van der Waals surface area contributed by atoms with Gasteiger partial charge in [0, 0.05) is 12.7 Å². The molecule has 3 N–H and O–H groups in total. The van der Waals surface area contributed by atoms with E-state index >= 15 is 0 Å². The molecule has 1 heterocycles. The lowest BCUT2D eigenvalue weighted by Crippen LogP contribution is -2.16. The average Bonchev–Trinajstić information content (AvgIpc) is 2.29. The Kier molecular flexibility index (Phi) is 3.44. The molecule has 0 aromatic carbocycles. The number of rotatable bonds is 3. The highest BCUT2D eigenvalue weighted by molar-refractivity contribution is 5.61. The van der Waals surface area contributed by atoms with Crippen LogP contribution in [0.1, 0.15) is 24.8 Å². The fourth-order valence-corrected chi connectivity index (χ4v) is 2.02. The molecular formula is C13H19N3. The number of anilines is 2. The number of pyridine rings is 1. The van der Waals surface area contributed by atoms with Crippen LogP contribution in [0.25, 0.3) is 0 Å². The standard InChI is InChI=1S/C13H19N3/c1-10-7-12(14)13(15-8-10)16-9-11-5-3-2-4-6-11/h2-3,7-8,11H,4-6,9,14H2,1H3,(H,15,16). The zero-order chi connectivity index (χ0) is 11.4. The van der Waals surface area contributed by atoms with Gasteiger partial charge in [0.05, 0.1) is 5.69 Å². The van der Waals surface area contributed by atoms with Crippen LogP contribution in [-0.4, -0.2) is 11.5 Å². The molecule has 1 aliphatic rings. The van der Waals surface area contributed by atoms with Crippen molar-refractivity contribution in [2.45, 2.75) is 26.2 Å². The highest BCUT2D eigenvalue weighted by Gasteiger charge is 2.10. The molecular weight excluding hydrogens is 198 g/mol. The topological polar surface area (TPSA) is 50.9 Å². The van der Waals surface area contributed by atoms with Crippen molar-refractivity contribution in [3.8, 4) is 0 Å². The Morgan fingerprint density at radius 1 is 1.50 bits per heavy atom. The highest BCUT2D eigenvalue weighted by Crippen LogP contribution is 2.21. The predicted octanol–water partition coefficient (Wildman–Crippen LogP) is 2.74.